The minimum absolute atomic E-state index is 0.101. The summed E-state index contributed by atoms with van der Waals surface area (Å²) in [5.41, 5.74) is -4.81. The number of carbonyl (C=O) groups is 2. The summed E-state index contributed by atoms with van der Waals surface area (Å²) < 4.78 is 37.5. The largest absolute Gasteiger partial charge is 0.459 e. The number of hydrogen-bond acceptors (Lipinski definition) is 14. The van der Waals surface area contributed by atoms with Crippen LogP contribution >= 0.6 is 0 Å². The first kappa shape index (κ1) is 44.4. The number of cyclic esters (lactones) is 1. The number of aliphatic hydroxyl groups excluding tert-OH is 3. The van der Waals surface area contributed by atoms with Gasteiger partial charge in [-0.2, -0.15) is 0 Å². The van der Waals surface area contributed by atoms with Gasteiger partial charge in [0.2, 0.25) is 0 Å². The summed E-state index contributed by atoms with van der Waals surface area (Å²) in [5, 5.41) is 58.4. The molecule has 0 aromatic heterocycles. The van der Waals surface area contributed by atoms with Crippen molar-refractivity contribution in [2.75, 3.05) is 21.2 Å². The summed E-state index contributed by atoms with van der Waals surface area (Å²) in [7, 11) is 5.20. The van der Waals surface area contributed by atoms with Crippen molar-refractivity contribution in [3.05, 3.63) is 0 Å². The van der Waals surface area contributed by atoms with Crippen LogP contribution in [-0.2, 0) is 38.0 Å². The molecule has 0 bridgehead atoms. The van der Waals surface area contributed by atoms with Gasteiger partial charge in [-0.1, -0.05) is 27.2 Å². The van der Waals surface area contributed by atoms with Crippen LogP contribution in [0.2, 0.25) is 0 Å². The van der Waals surface area contributed by atoms with E-state index in [0.29, 0.717) is 19.3 Å². The Bertz CT molecular complexity index is 1240. The van der Waals surface area contributed by atoms with Gasteiger partial charge in [0, 0.05) is 37.3 Å². The molecule has 0 aromatic carbocycles. The maximum Gasteiger partial charge on any atom is 0.311 e. The second-order valence-electron chi connectivity index (χ2n) is 17.7. The molecular formula is C39H69NO13. The maximum absolute atomic E-state index is 14.4. The smallest absolute Gasteiger partial charge is 0.311 e. The summed E-state index contributed by atoms with van der Waals surface area (Å²) in [6.45, 7) is 14.8. The molecule has 0 aromatic rings. The van der Waals surface area contributed by atoms with E-state index in [2.05, 4.69) is 0 Å². The first-order chi connectivity index (χ1) is 24.5. The Labute approximate surface area is 315 Å². The molecule has 3 aliphatic heterocycles. The number of methoxy groups -OCH3 is 1. The Morgan fingerprint density at radius 2 is 1.47 bits per heavy atom. The lowest BCUT2D eigenvalue weighted by Crippen LogP contribution is -2.62. The SMILES string of the molecule is COC1(C)CC(OC2C(C)C(=O)OC(C3CCC3)C(C)(O)C(O)C(C)C(=O)C(C)CC(C)(O)C(OC3OC(C)CC(N(C)C)C3O)C2C)OC(C)C1O. The first-order valence-corrected chi connectivity index (χ1v) is 19.5. The van der Waals surface area contributed by atoms with E-state index in [9.17, 15) is 35.1 Å². The van der Waals surface area contributed by atoms with Gasteiger partial charge in [0.1, 0.15) is 29.7 Å². The zero-order valence-corrected chi connectivity index (χ0v) is 33.9. The minimum atomic E-state index is -1.97. The summed E-state index contributed by atoms with van der Waals surface area (Å²) in [6.07, 6.45) is -7.49. The van der Waals surface area contributed by atoms with Gasteiger partial charge in [0.15, 0.2) is 12.6 Å². The van der Waals surface area contributed by atoms with E-state index in [-0.39, 0.29) is 30.9 Å². The second-order valence-corrected chi connectivity index (χ2v) is 17.7. The highest BCUT2D eigenvalue weighted by Gasteiger charge is 2.55. The van der Waals surface area contributed by atoms with Crippen molar-refractivity contribution in [2.24, 2.45) is 29.6 Å². The third kappa shape index (κ3) is 9.30. The number of rotatable bonds is 7. The van der Waals surface area contributed by atoms with Crippen molar-refractivity contribution in [2.45, 2.75) is 185 Å². The van der Waals surface area contributed by atoms with E-state index in [1.807, 2.05) is 25.9 Å². The van der Waals surface area contributed by atoms with Crippen molar-refractivity contribution in [3.63, 3.8) is 0 Å². The number of ketones is 1. The average Bonchev–Trinajstić information content (AvgIpc) is 3.05. The van der Waals surface area contributed by atoms with E-state index in [0.717, 1.165) is 6.42 Å². The zero-order chi connectivity index (χ0) is 40.0. The highest BCUT2D eigenvalue weighted by atomic mass is 16.7. The molecule has 18 unspecified atom stereocenters. The summed E-state index contributed by atoms with van der Waals surface area (Å²) >= 11 is 0. The van der Waals surface area contributed by atoms with E-state index in [1.165, 1.54) is 27.9 Å². The molecule has 4 rings (SSSR count). The Kier molecular flexibility index (Phi) is 14.3. The number of ether oxygens (including phenoxy) is 6. The molecule has 0 spiro atoms. The molecule has 1 aliphatic carbocycles. The molecule has 4 fully saturated rings. The van der Waals surface area contributed by atoms with Crippen molar-refractivity contribution >= 4 is 11.8 Å². The number of nitrogens with zero attached hydrogens (tertiary/aromatic N) is 1. The standard InChI is InChI=1S/C39H69NO13/c1-19-17-37(7,46)33(53-36-29(42)26(40(10)11)16-20(2)49-36)22(4)30(51-27-18-38(8,48-12)32(44)24(6)50-27)23(5)35(45)52-34(25-14-13-15-25)39(9,47)31(43)21(3)28(19)41/h19-27,29-34,36,42-44,46-47H,13-18H2,1-12H3. The molecule has 3 heterocycles. The van der Waals surface area contributed by atoms with Crippen molar-refractivity contribution in [1.82, 2.24) is 4.90 Å². The highest BCUT2D eigenvalue weighted by molar-refractivity contribution is 5.83. The predicted molar refractivity (Wildman–Crippen MR) is 193 cm³/mol. The fourth-order valence-electron chi connectivity index (χ4n) is 9.19. The van der Waals surface area contributed by atoms with E-state index >= 15 is 0 Å². The molecule has 0 radical (unpaired) electrons. The van der Waals surface area contributed by atoms with Crippen LogP contribution < -0.4 is 0 Å². The van der Waals surface area contributed by atoms with E-state index in [4.69, 9.17) is 28.4 Å². The highest BCUT2D eigenvalue weighted by Crippen LogP contribution is 2.43. The monoisotopic (exact) mass is 759 g/mol. The van der Waals surface area contributed by atoms with Crippen LogP contribution in [0.4, 0.5) is 0 Å². The van der Waals surface area contributed by atoms with Crippen LogP contribution in [0.25, 0.3) is 0 Å². The van der Waals surface area contributed by atoms with Gasteiger partial charge in [-0.15, -0.1) is 0 Å². The van der Waals surface area contributed by atoms with Gasteiger partial charge in [-0.25, -0.2) is 0 Å². The molecule has 1 saturated carbocycles. The Hall–Kier alpha value is -1.30. The Balaban J connectivity index is 1.83. The Morgan fingerprint density at radius 1 is 0.849 bits per heavy atom. The van der Waals surface area contributed by atoms with E-state index in [1.54, 1.807) is 34.6 Å². The molecule has 53 heavy (non-hydrogen) atoms. The van der Waals surface area contributed by atoms with Gasteiger partial charge >= 0.3 is 5.97 Å². The topological polar surface area (TPSA) is 194 Å². The molecule has 0 amide bonds. The quantitative estimate of drug-likeness (QED) is 0.237. The fraction of sp³-hybridized carbons (Fsp3) is 0.949. The zero-order valence-electron chi connectivity index (χ0n) is 33.9. The summed E-state index contributed by atoms with van der Waals surface area (Å²) in [6, 6.07) is -0.321. The lowest BCUT2D eigenvalue weighted by molar-refractivity contribution is -0.318. The number of Topliss-reactive ketones (excluding diaryl/α,β-unsaturated/α-hetero) is 1. The normalized spacial score (nSPS) is 50.0. The van der Waals surface area contributed by atoms with Gasteiger partial charge in [-0.3, -0.25) is 9.59 Å². The number of esters is 1. The molecule has 308 valence electrons. The molecular weight excluding hydrogens is 690 g/mol. The third-order valence-electron chi connectivity index (χ3n) is 12.9. The van der Waals surface area contributed by atoms with Crippen LogP contribution in [-0.4, -0.2) is 148 Å². The number of likely N-dealkylation sites (N-methyl/N-ethyl adjacent to an activating group) is 1. The van der Waals surface area contributed by atoms with Gasteiger partial charge in [0.25, 0.3) is 0 Å². The lowest BCUT2D eigenvalue weighted by Gasteiger charge is -2.49. The number of carbonyl (C=O) groups excluding carboxylic acids is 2. The van der Waals surface area contributed by atoms with Crippen LogP contribution in [0.3, 0.4) is 0 Å². The summed E-state index contributed by atoms with van der Waals surface area (Å²) in [5.74, 6) is -5.11. The predicted octanol–water partition coefficient (Wildman–Crippen LogP) is 2.18. The molecule has 4 aliphatic rings. The van der Waals surface area contributed by atoms with Crippen molar-refractivity contribution < 1.29 is 63.5 Å². The van der Waals surface area contributed by atoms with Crippen LogP contribution in [0, 0.1) is 29.6 Å². The minimum Gasteiger partial charge on any atom is -0.459 e. The van der Waals surface area contributed by atoms with Crippen LogP contribution in [0.15, 0.2) is 0 Å². The maximum atomic E-state index is 14.4. The average molecular weight is 760 g/mol. The molecule has 5 N–H and O–H groups in total. The molecule has 3 saturated heterocycles. The first-order valence-electron chi connectivity index (χ1n) is 19.5. The van der Waals surface area contributed by atoms with Gasteiger partial charge in [-0.05, 0) is 87.2 Å². The van der Waals surface area contributed by atoms with Gasteiger partial charge in [0.05, 0.1) is 47.6 Å². The molecule has 14 heteroatoms. The van der Waals surface area contributed by atoms with Gasteiger partial charge < -0.3 is 58.9 Å². The fourth-order valence-corrected chi connectivity index (χ4v) is 9.19. The van der Waals surface area contributed by atoms with Crippen LogP contribution in [0.1, 0.15) is 101 Å². The molecule has 18 atom stereocenters. The number of aliphatic hydroxyl groups is 5. The third-order valence-corrected chi connectivity index (χ3v) is 12.9. The van der Waals surface area contributed by atoms with E-state index < -0.39 is 108 Å². The van der Waals surface area contributed by atoms with Crippen LogP contribution in [0.5, 0.6) is 0 Å². The second kappa shape index (κ2) is 17.1. The summed E-state index contributed by atoms with van der Waals surface area (Å²) in [4.78, 5) is 30.2. The Morgan fingerprint density at radius 3 is 2.02 bits per heavy atom. The number of hydrogen-bond donors (Lipinski definition) is 5. The van der Waals surface area contributed by atoms with Crippen molar-refractivity contribution in [3.8, 4) is 0 Å². The molecule has 14 nitrogen and oxygen atoms in total. The lowest BCUT2D eigenvalue weighted by atomic mass is 9.69. The van der Waals surface area contributed by atoms with Crippen molar-refractivity contribution in [1.29, 1.82) is 0 Å².